The summed E-state index contributed by atoms with van der Waals surface area (Å²) in [5.74, 6) is 2.56. The van der Waals surface area contributed by atoms with Gasteiger partial charge < -0.3 is 24.0 Å². The number of pyridine rings is 1. The second-order valence-electron chi connectivity index (χ2n) is 11.2. The summed E-state index contributed by atoms with van der Waals surface area (Å²) >= 11 is 0. The Morgan fingerprint density at radius 1 is 0.902 bits per heavy atom. The largest absolute Gasteiger partial charge is 0.496 e. The van der Waals surface area contributed by atoms with Gasteiger partial charge in [0.1, 0.15) is 11.6 Å². The molecule has 6 rings (SSSR count). The zero-order valence-electron chi connectivity index (χ0n) is 24.4. The minimum Gasteiger partial charge on any atom is -0.496 e. The SMILES string of the molecule is COc1ccc(-c2ccc3c(N4CCOC[C@@H]4C)nc(N4CCOC[C@@H]4C)nc3n2)cc1CCCCC1=CN=CC1. The molecule has 0 aliphatic carbocycles. The number of nitrogens with zero attached hydrogens (tertiary/aromatic N) is 6. The van der Waals surface area contributed by atoms with E-state index in [1.54, 1.807) is 7.11 Å². The van der Waals surface area contributed by atoms with Crippen LogP contribution in [0.4, 0.5) is 11.8 Å². The lowest BCUT2D eigenvalue weighted by Gasteiger charge is -2.37. The zero-order chi connectivity index (χ0) is 28.2. The van der Waals surface area contributed by atoms with Crippen molar-refractivity contribution in [3.05, 3.63) is 47.7 Å². The third-order valence-electron chi connectivity index (χ3n) is 8.28. The molecule has 2 aromatic heterocycles. The van der Waals surface area contributed by atoms with Crippen molar-refractivity contribution in [1.82, 2.24) is 15.0 Å². The van der Waals surface area contributed by atoms with E-state index >= 15 is 0 Å². The summed E-state index contributed by atoms with van der Waals surface area (Å²) in [6.07, 6.45) is 9.27. The topological polar surface area (TPSA) is 85.2 Å². The molecule has 0 unspecified atom stereocenters. The fourth-order valence-electron chi connectivity index (χ4n) is 5.91. The monoisotopic (exact) mass is 556 g/mol. The number of morpholine rings is 2. The van der Waals surface area contributed by atoms with Gasteiger partial charge in [0.2, 0.25) is 5.95 Å². The Labute approximate surface area is 242 Å². The second-order valence-corrected chi connectivity index (χ2v) is 11.2. The first-order valence-corrected chi connectivity index (χ1v) is 14.8. The standard InChI is InChI=1S/C32H40N6O3/c1-22-20-40-16-14-37(22)31-27-9-10-28(34-30(27)35-32(36-31)38-15-17-41-21-23(38)2)25-8-11-29(39-3)26(18-25)7-5-4-6-24-12-13-33-19-24/h8-11,13,18-19,22-23H,4-7,12,14-17,20-21H2,1-3H3/t22-,23-/m0/s1. The van der Waals surface area contributed by atoms with Crippen molar-refractivity contribution >= 4 is 29.0 Å². The van der Waals surface area contributed by atoms with E-state index in [0.29, 0.717) is 38.0 Å². The van der Waals surface area contributed by atoms with E-state index in [-0.39, 0.29) is 12.1 Å². The molecule has 0 saturated carbocycles. The summed E-state index contributed by atoms with van der Waals surface area (Å²) in [6, 6.07) is 11.0. The Balaban J connectivity index is 1.32. The zero-order valence-corrected chi connectivity index (χ0v) is 24.4. The van der Waals surface area contributed by atoms with Crippen LogP contribution in [0.2, 0.25) is 0 Å². The first kappa shape index (κ1) is 27.6. The van der Waals surface area contributed by atoms with Crippen LogP contribution in [0, 0.1) is 0 Å². The minimum absolute atomic E-state index is 0.195. The van der Waals surface area contributed by atoms with Gasteiger partial charge >= 0.3 is 0 Å². The normalized spacial score (nSPS) is 21.0. The molecule has 3 aliphatic rings. The van der Waals surface area contributed by atoms with Crippen molar-refractivity contribution in [2.45, 2.75) is 58.0 Å². The maximum Gasteiger partial charge on any atom is 0.229 e. The number of hydrogen-bond acceptors (Lipinski definition) is 9. The molecule has 0 bridgehead atoms. The molecule has 0 N–H and O–H groups in total. The molecule has 0 radical (unpaired) electrons. The number of methoxy groups -OCH3 is 1. The molecule has 9 nitrogen and oxygen atoms in total. The van der Waals surface area contributed by atoms with E-state index in [2.05, 4.69) is 59.0 Å². The highest BCUT2D eigenvalue weighted by Crippen LogP contribution is 2.33. The molecule has 9 heteroatoms. The van der Waals surface area contributed by atoms with Gasteiger partial charge in [-0.05, 0) is 81.0 Å². The smallest absolute Gasteiger partial charge is 0.229 e. The second kappa shape index (κ2) is 12.5. The minimum atomic E-state index is 0.195. The number of anilines is 2. The number of allylic oxidation sites excluding steroid dienone is 1. The number of benzene rings is 1. The number of rotatable bonds is 9. The van der Waals surface area contributed by atoms with Crippen LogP contribution < -0.4 is 14.5 Å². The number of aromatic nitrogens is 3. The summed E-state index contributed by atoms with van der Waals surface area (Å²) < 4.78 is 17.1. The van der Waals surface area contributed by atoms with E-state index in [0.717, 1.165) is 73.4 Å². The van der Waals surface area contributed by atoms with Gasteiger partial charge in [-0.25, -0.2) is 4.98 Å². The Hall–Kier alpha value is -3.56. The van der Waals surface area contributed by atoms with Crippen molar-refractivity contribution in [2.75, 3.05) is 56.4 Å². The van der Waals surface area contributed by atoms with E-state index in [1.165, 1.54) is 11.1 Å². The fraction of sp³-hybridized carbons (Fsp3) is 0.500. The van der Waals surface area contributed by atoms with Crippen molar-refractivity contribution < 1.29 is 14.2 Å². The van der Waals surface area contributed by atoms with Crippen LogP contribution in [-0.4, -0.2) is 79.9 Å². The third kappa shape index (κ3) is 6.06. The maximum atomic E-state index is 5.73. The highest BCUT2D eigenvalue weighted by molar-refractivity contribution is 5.90. The predicted molar refractivity (Wildman–Crippen MR) is 163 cm³/mol. The van der Waals surface area contributed by atoms with Gasteiger partial charge in [-0.15, -0.1) is 0 Å². The van der Waals surface area contributed by atoms with Gasteiger partial charge in [0.05, 0.1) is 56.7 Å². The quantitative estimate of drug-likeness (QED) is 0.332. The Kier molecular flexibility index (Phi) is 8.43. The molecule has 2 atom stereocenters. The third-order valence-corrected chi connectivity index (χ3v) is 8.28. The van der Waals surface area contributed by atoms with Gasteiger partial charge in [-0.1, -0.05) is 0 Å². The van der Waals surface area contributed by atoms with E-state index < -0.39 is 0 Å². The molecule has 3 aromatic rings. The molecule has 0 spiro atoms. The van der Waals surface area contributed by atoms with Gasteiger partial charge in [-0.3, -0.25) is 4.99 Å². The van der Waals surface area contributed by atoms with Gasteiger partial charge in [0.15, 0.2) is 5.65 Å². The molecule has 2 fully saturated rings. The lowest BCUT2D eigenvalue weighted by atomic mass is 10.00. The van der Waals surface area contributed by atoms with Gasteiger partial charge in [0, 0.05) is 37.5 Å². The van der Waals surface area contributed by atoms with Crippen molar-refractivity contribution in [3.63, 3.8) is 0 Å². The van der Waals surface area contributed by atoms with Gasteiger partial charge in [0.25, 0.3) is 0 Å². The predicted octanol–water partition coefficient (Wildman–Crippen LogP) is 5.22. The van der Waals surface area contributed by atoms with Gasteiger partial charge in [-0.2, -0.15) is 9.97 Å². The van der Waals surface area contributed by atoms with Crippen LogP contribution in [-0.2, 0) is 15.9 Å². The first-order chi connectivity index (χ1) is 20.1. The summed E-state index contributed by atoms with van der Waals surface area (Å²) in [5, 5.41) is 0.964. The van der Waals surface area contributed by atoms with Crippen molar-refractivity contribution in [1.29, 1.82) is 0 Å². The lowest BCUT2D eigenvalue weighted by molar-refractivity contribution is 0.0973. The molecule has 3 aliphatic heterocycles. The highest BCUT2D eigenvalue weighted by Gasteiger charge is 2.27. The Morgan fingerprint density at radius 2 is 1.68 bits per heavy atom. The molecule has 1 aromatic carbocycles. The molecule has 41 heavy (non-hydrogen) atoms. The van der Waals surface area contributed by atoms with Crippen LogP contribution in [0.1, 0.15) is 45.1 Å². The first-order valence-electron chi connectivity index (χ1n) is 14.8. The maximum absolute atomic E-state index is 5.73. The van der Waals surface area contributed by atoms with Crippen LogP contribution in [0.25, 0.3) is 22.3 Å². The van der Waals surface area contributed by atoms with Crippen molar-refractivity contribution in [2.24, 2.45) is 4.99 Å². The Morgan fingerprint density at radius 3 is 2.41 bits per heavy atom. The van der Waals surface area contributed by atoms with Crippen LogP contribution >= 0.6 is 0 Å². The van der Waals surface area contributed by atoms with E-state index in [4.69, 9.17) is 29.2 Å². The number of ether oxygens (including phenoxy) is 3. The van der Waals surface area contributed by atoms with Crippen LogP contribution in [0.3, 0.4) is 0 Å². The number of unbranched alkanes of at least 4 members (excludes halogenated alkanes) is 1. The number of fused-ring (bicyclic) bond motifs is 1. The summed E-state index contributed by atoms with van der Waals surface area (Å²) in [7, 11) is 1.74. The molecule has 0 amide bonds. The molecular weight excluding hydrogens is 516 g/mol. The average Bonchev–Trinajstić information content (AvgIpc) is 3.53. The number of hydrogen-bond donors (Lipinski definition) is 0. The Bertz CT molecular complexity index is 1440. The highest BCUT2D eigenvalue weighted by atomic mass is 16.5. The fourth-order valence-corrected chi connectivity index (χ4v) is 5.91. The molecule has 5 heterocycles. The molecule has 216 valence electrons. The van der Waals surface area contributed by atoms with Crippen LogP contribution in [0.5, 0.6) is 5.75 Å². The number of aliphatic imine (C=N–C) groups is 1. The number of aryl methyl sites for hydroxylation is 1. The van der Waals surface area contributed by atoms with Crippen molar-refractivity contribution in [3.8, 4) is 17.0 Å². The van der Waals surface area contributed by atoms with E-state index in [1.807, 2.05) is 12.4 Å². The molecular formula is C32H40N6O3. The van der Waals surface area contributed by atoms with E-state index in [9.17, 15) is 0 Å². The lowest BCUT2D eigenvalue weighted by Crippen LogP contribution is -2.46. The molecule has 2 saturated heterocycles. The average molecular weight is 557 g/mol. The van der Waals surface area contributed by atoms with Crippen LogP contribution in [0.15, 0.2) is 47.1 Å². The summed E-state index contributed by atoms with van der Waals surface area (Å²) in [5.41, 5.74) is 5.30. The summed E-state index contributed by atoms with van der Waals surface area (Å²) in [6.45, 7) is 8.59. The summed E-state index contributed by atoms with van der Waals surface area (Å²) in [4.78, 5) is 24.1.